The summed E-state index contributed by atoms with van der Waals surface area (Å²) in [5.74, 6) is -0.419. The summed E-state index contributed by atoms with van der Waals surface area (Å²) in [6, 6.07) is 5.84. The molecule has 19 heavy (non-hydrogen) atoms. The highest BCUT2D eigenvalue weighted by Gasteiger charge is 2.07. The lowest BCUT2D eigenvalue weighted by Gasteiger charge is -2.05. The average Bonchev–Trinajstić information content (AvgIpc) is 2.37. The van der Waals surface area contributed by atoms with Gasteiger partial charge < -0.3 is 14.6 Å². The van der Waals surface area contributed by atoms with Crippen LogP contribution in [0.4, 0.5) is 0 Å². The number of carbonyl (C=O) groups is 2. The van der Waals surface area contributed by atoms with Gasteiger partial charge in [0.05, 0.1) is 6.61 Å². The molecular weight excluding hydrogens is 248 g/mol. The van der Waals surface area contributed by atoms with E-state index in [1.807, 2.05) is 0 Å². The summed E-state index contributed by atoms with van der Waals surface area (Å²) >= 11 is 0. The van der Waals surface area contributed by atoms with Crippen LogP contribution >= 0.6 is 0 Å². The first kappa shape index (κ1) is 14.8. The Hall–Kier alpha value is -2.30. The molecule has 5 heteroatoms. The molecule has 1 rings (SSSR count). The van der Waals surface area contributed by atoms with Crippen LogP contribution in [0.25, 0.3) is 0 Å². The quantitative estimate of drug-likeness (QED) is 0.369. The largest absolute Gasteiger partial charge is 0.508 e. The van der Waals surface area contributed by atoms with E-state index in [9.17, 15) is 9.59 Å². The predicted molar refractivity (Wildman–Crippen MR) is 68.7 cm³/mol. The van der Waals surface area contributed by atoms with Crippen molar-refractivity contribution in [1.29, 1.82) is 0 Å². The van der Waals surface area contributed by atoms with Gasteiger partial charge in [-0.15, -0.1) is 0 Å². The highest BCUT2D eigenvalue weighted by molar-refractivity contribution is 5.86. The molecule has 0 bridgehead atoms. The highest BCUT2D eigenvalue weighted by atomic mass is 16.5. The van der Waals surface area contributed by atoms with Crippen LogP contribution in [-0.2, 0) is 14.3 Å². The Balaban J connectivity index is 2.23. The molecule has 0 fully saturated rings. The lowest BCUT2D eigenvalue weighted by Crippen LogP contribution is -2.11. The number of aromatic hydroxyl groups is 1. The molecule has 0 unspecified atom stereocenters. The third-order valence-corrected chi connectivity index (χ3v) is 2.18. The van der Waals surface area contributed by atoms with Gasteiger partial charge in [0.1, 0.15) is 11.5 Å². The van der Waals surface area contributed by atoms with Crippen LogP contribution in [0.5, 0.6) is 11.5 Å². The Morgan fingerprint density at radius 3 is 2.47 bits per heavy atom. The number of hydrogen-bond donors (Lipinski definition) is 1. The van der Waals surface area contributed by atoms with Gasteiger partial charge in [-0.05, 0) is 37.6 Å². The molecule has 0 atom stereocenters. The fourth-order valence-corrected chi connectivity index (χ4v) is 1.20. The lowest BCUT2D eigenvalue weighted by molar-refractivity contribution is -0.141. The minimum absolute atomic E-state index is 0.103. The average molecular weight is 264 g/mol. The molecule has 1 aromatic carbocycles. The Morgan fingerprint density at radius 2 is 1.89 bits per heavy atom. The molecule has 0 radical (unpaired) electrons. The molecule has 0 aliphatic carbocycles. The topological polar surface area (TPSA) is 72.8 Å². The molecule has 0 amide bonds. The lowest BCUT2D eigenvalue weighted by atomic mass is 10.3. The Morgan fingerprint density at radius 1 is 1.26 bits per heavy atom. The van der Waals surface area contributed by atoms with Gasteiger partial charge in [0, 0.05) is 12.0 Å². The van der Waals surface area contributed by atoms with Crippen molar-refractivity contribution in [2.45, 2.75) is 19.8 Å². The molecule has 0 aliphatic heterocycles. The standard InChI is InChI=1S/C14H16O5/c1-10(2)14(17)18-9-3-4-13(16)19-12-7-5-11(15)6-8-12/h5-8,15H,1,3-4,9H2,2H3. The van der Waals surface area contributed by atoms with E-state index in [2.05, 4.69) is 6.58 Å². The summed E-state index contributed by atoms with van der Waals surface area (Å²) in [6.45, 7) is 5.15. The second-order valence-corrected chi connectivity index (χ2v) is 3.99. The molecule has 5 nitrogen and oxygen atoms in total. The van der Waals surface area contributed by atoms with Gasteiger partial charge in [0.2, 0.25) is 0 Å². The number of carbonyl (C=O) groups excluding carboxylic acids is 2. The molecule has 0 saturated heterocycles. The van der Waals surface area contributed by atoms with Gasteiger partial charge in [-0.2, -0.15) is 0 Å². The predicted octanol–water partition coefficient (Wildman–Crippen LogP) is 2.20. The van der Waals surface area contributed by atoms with Crippen LogP contribution < -0.4 is 4.74 Å². The fourth-order valence-electron chi connectivity index (χ4n) is 1.20. The van der Waals surface area contributed by atoms with Crippen LogP contribution in [-0.4, -0.2) is 23.7 Å². The van der Waals surface area contributed by atoms with Crippen LogP contribution in [0, 0.1) is 0 Å². The summed E-state index contributed by atoms with van der Waals surface area (Å²) in [7, 11) is 0. The number of ether oxygens (including phenoxy) is 2. The Kier molecular flexibility index (Phi) is 5.60. The highest BCUT2D eigenvalue weighted by Crippen LogP contribution is 2.16. The molecule has 1 N–H and O–H groups in total. The molecular formula is C14H16O5. The van der Waals surface area contributed by atoms with Crippen LogP contribution in [0.3, 0.4) is 0 Å². The van der Waals surface area contributed by atoms with Crippen molar-refractivity contribution in [2.75, 3.05) is 6.61 Å². The number of esters is 2. The van der Waals surface area contributed by atoms with Crippen LogP contribution in [0.15, 0.2) is 36.4 Å². The SMILES string of the molecule is C=C(C)C(=O)OCCCC(=O)Oc1ccc(O)cc1. The van der Waals surface area contributed by atoms with Crippen molar-refractivity contribution < 1.29 is 24.2 Å². The van der Waals surface area contributed by atoms with E-state index in [1.165, 1.54) is 24.3 Å². The van der Waals surface area contributed by atoms with Gasteiger partial charge in [-0.25, -0.2) is 4.79 Å². The van der Waals surface area contributed by atoms with Crippen molar-refractivity contribution in [2.24, 2.45) is 0 Å². The van der Waals surface area contributed by atoms with Crippen LogP contribution in [0.2, 0.25) is 0 Å². The summed E-state index contributed by atoms with van der Waals surface area (Å²) < 4.78 is 9.86. The fraction of sp³-hybridized carbons (Fsp3) is 0.286. The maximum absolute atomic E-state index is 11.4. The number of rotatable bonds is 6. The Bertz CT molecular complexity index is 461. The van der Waals surface area contributed by atoms with Crippen molar-refractivity contribution in [3.63, 3.8) is 0 Å². The smallest absolute Gasteiger partial charge is 0.333 e. The van der Waals surface area contributed by atoms with Crippen LogP contribution in [0.1, 0.15) is 19.8 Å². The molecule has 102 valence electrons. The first-order chi connectivity index (χ1) is 8.99. The Labute approximate surface area is 111 Å². The first-order valence-corrected chi connectivity index (χ1v) is 5.81. The molecule has 0 aromatic heterocycles. The minimum atomic E-state index is -0.466. The normalized spacial score (nSPS) is 9.74. The number of benzene rings is 1. The summed E-state index contributed by atoms with van der Waals surface area (Å²) in [5, 5.41) is 9.06. The monoisotopic (exact) mass is 264 g/mol. The van der Waals surface area contributed by atoms with E-state index >= 15 is 0 Å². The second kappa shape index (κ2) is 7.20. The zero-order valence-corrected chi connectivity index (χ0v) is 10.7. The van der Waals surface area contributed by atoms with Crippen molar-refractivity contribution in [1.82, 2.24) is 0 Å². The van der Waals surface area contributed by atoms with E-state index in [-0.39, 0.29) is 18.8 Å². The van der Waals surface area contributed by atoms with E-state index in [1.54, 1.807) is 6.92 Å². The zero-order valence-electron chi connectivity index (χ0n) is 10.7. The summed E-state index contributed by atoms with van der Waals surface area (Å²) in [6.07, 6.45) is 0.528. The second-order valence-electron chi connectivity index (χ2n) is 3.99. The number of phenolic OH excluding ortho intramolecular Hbond substituents is 1. The van der Waals surface area contributed by atoms with E-state index in [0.29, 0.717) is 17.7 Å². The maximum atomic E-state index is 11.4. The number of phenols is 1. The zero-order chi connectivity index (χ0) is 14.3. The maximum Gasteiger partial charge on any atom is 0.333 e. The van der Waals surface area contributed by atoms with Gasteiger partial charge in [0.25, 0.3) is 0 Å². The minimum Gasteiger partial charge on any atom is -0.508 e. The van der Waals surface area contributed by atoms with E-state index in [4.69, 9.17) is 14.6 Å². The van der Waals surface area contributed by atoms with Crippen molar-refractivity contribution in [3.05, 3.63) is 36.4 Å². The molecule has 0 aliphatic rings. The third-order valence-electron chi connectivity index (χ3n) is 2.18. The van der Waals surface area contributed by atoms with Crippen molar-refractivity contribution >= 4 is 11.9 Å². The van der Waals surface area contributed by atoms with Crippen molar-refractivity contribution in [3.8, 4) is 11.5 Å². The van der Waals surface area contributed by atoms with E-state index in [0.717, 1.165) is 0 Å². The molecule has 1 aromatic rings. The van der Waals surface area contributed by atoms with E-state index < -0.39 is 11.9 Å². The molecule has 0 spiro atoms. The number of hydrogen-bond acceptors (Lipinski definition) is 5. The van der Waals surface area contributed by atoms with Gasteiger partial charge in [-0.1, -0.05) is 6.58 Å². The first-order valence-electron chi connectivity index (χ1n) is 5.81. The third kappa shape index (κ3) is 5.72. The molecule has 0 heterocycles. The molecule has 0 saturated carbocycles. The summed E-state index contributed by atoms with van der Waals surface area (Å²) in [4.78, 5) is 22.5. The van der Waals surface area contributed by atoms with Gasteiger partial charge >= 0.3 is 11.9 Å². The van der Waals surface area contributed by atoms with Gasteiger partial charge in [-0.3, -0.25) is 4.79 Å². The summed E-state index contributed by atoms with van der Waals surface area (Å²) in [5.41, 5.74) is 0.326. The van der Waals surface area contributed by atoms with Gasteiger partial charge in [0.15, 0.2) is 0 Å².